The molecule has 0 spiro atoms. The third kappa shape index (κ3) is 4.19. The van der Waals surface area contributed by atoms with Gasteiger partial charge in [0, 0.05) is 5.69 Å². The summed E-state index contributed by atoms with van der Waals surface area (Å²) in [5.74, 6) is 0.0832. The summed E-state index contributed by atoms with van der Waals surface area (Å²) in [7, 11) is 0. The Bertz CT molecular complexity index is 785. The van der Waals surface area contributed by atoms with Crippen molar-refractivity contribution in [3.8, 4) is 0 Å². The molecule has 1 heterocycles. The number of carbonyl (C=O) groups is 1. The first-order valence-electron chi connectivity index (χ1n) is 9.18. The number of halogens is 1. The lowest BCUT2D eigenvalue weighted by Gasteiger charge is -2.36. The minimum atomic E-state index is -0.0803. The summed E-state index contributed by atoms with van der Waals surface area (Å²) in [5, 5.41) is 3.89. The van der Waals surface area contributed by atoms with Crippen LogP contribution < -0.4 is 15.1 Å². The highest BCUT2D eigenvalue weighted by molar-refractivity contribution is 6.33. The van der Waals surface area contributed by atoms with Crippen molar-refractivity contribution < 1.29 is 9.69 Å². The van der Waals surface area contributed by atoms with Gasteiger partial charge in [0.1, 0.15) is 0 Å². The van der Waals surface area contributed by atoms with E-state index in [4.69, 9.17) is 11.6 Å². The number of para-hydroxylation sites is 1. The van der Waals surface area contributed by atoms with Gasteiger partial charge >= 0.3 is 0 Å². The molecule has 0 aromatic heterocycles. The number of carbonyl (C=O) groups excluding carboxylic acids is 1. The van der Waals surface area contributed by atoms with Crippen molar-refractivity contribution in [2.24, 2.45) is 0 Å². The van der Waals surface area contributed by atoms with Crippen LogP contribution in [-0.2, 0) is 4.79 Å². The van der Waals surface area contributed by atoms with Crippen LogP contribution in [0.5, 0.6) is 0 Å². The highest BCUT2D eigenvalue weighted by Gasteiger charge is 2.29. The molecule has 0 bridgehead atoms. The summed E-state index contributed by atoms with van der Waals surface area (Å²) < 4.78 is 0. The molecule has 26 heavy (non-hydrogen) atoms. The fourth-order valence-electron chi connectivity index (χ4n) is 3.47. The molecule has 1 aliphatic rings. The molecule has 0 radical (unpaired) electrons. The number of nitrogens with one attached hydrogen (secondary N) is 2. The lowest BCUT2D eigenvalue weighted by molar-refractivity contribution is -0.914. The van der Waals surface area contributed by atoms with Gasteiger partial charge in [0.25, 0.3) is 5.91 Å². The van der Waals surface area contributed by atoms with Gasteiger partial charge in [-0.05, 0) is 50.1 Å². The van der Waals surface area contributed by atoms with Crippen LogP contribution in [0, 0.1) is 13.8 Å². The maximum absolute atomic E-state index is 12.7. The van der Waals surface area contributed by atoms with Crippen molar-refractivity contribution >= 4 is 28.9 Å². The van der Waals surface area contributed by atoms with Crippen molar-refractivity contribution in [3.05, 3.63) is 58.6 Å². The summed E-state index contributed by atoms with van der Waals surface area (Å²) in [5.41, 5.74) is 4.24. The predicted octanol–water partition coefficient (Wildman–Crippen LogP) is 2.69. The standard InChI is InChI=1S/C21H26ClN3O/c1-15-8-9-16(2)19(14-15)23-21(26)17(3)24-10-12-25(13-11-24)20-7-5-4-6-18(20)22/h4-9,14,17H,10-13H2,1-3H3,(H,23,26)/p+1/t17-/m1/s1. The van der Waals surface area contributed by atoms with Crippen molar-refractivity contribution in [1.82, 2.24) is 0 Å². The molecule has 1 saturated heterocycles. The molecule has 5 heteroatoms. The van der Waals surface area contributed by atoms with Crippen LogP contribution in [-0.4, -0.2) is 38.1 Å². The molecule has 4 nitrogen and oxygen atoms in total. The predicted molar refractivity (Wildman–Crippen MR) is 108 cm³/mol. The quantitative estimate of drug-likeness (QED) is 0.865. The first-order valence-corrected chi connectivity index (χ1v) is 9.55. The number of aryl methyl sites for hydroxylation is 2. The second-order valence-corrected chi connectivity index (χ2v) is 7.53. The smallest absolute Gasteiger partial charge is 0.282 e. The first-order chi connectivity index (χ1) is 12.5. The van der Waals surface area contributed by atoms with Crippen LogP contribution in [0.4, 0.5) is 11.4 Å². The summed E-state index contributed by atoms with van der Waals surface area (Å²) in [6, 6.07) is 14.0. The minimum Gasteiger partial charge on any atom is -0.359 e. The van der Waals surface area contributed by atoms with E-state index in [9.17, 15) is 4.79 Å². The molecule has 2 N–H and O–H groups in total. The fraction of sp³-hybridized carbons (Fsp3) is 0.381. The number of hydrogen-bond donors (Lipinski definition) is 2. The maximum atomic E-state index is 12.7. The van der Waals surface area contributed by atoms with Crippen molar-refractivity contribution in [2.45, 2.75) is 26.8 Å². The van der Waals surface area contributed by atoms with E-state index in [1.165, 1.54) is 4.90 Å². The highest BCUT2D eigenvalue weighted by atomic mass is 35.5. The number of hydrogen-bond acceptors (Lipinski definition) is 2. The number of benzene rings is 2. The van der Waals surface area contributed by atoms with E-state index in [0.717, 1.165) is 53.7 Å². The molecule has 1 atom stereocenters. The average molecular weight is 373 g/mol. The van der Waals surface area contributed by atoms with Crippen LogP contribution in [0.25, 0.3) is 0 Å². The molecular weight excluding hydrogens is 346 g/mol. The molecule has 0 aliphatic carbocycles. The van der Waals surface area contributed by atoms with E-state index < -0.39 is 0 Å². The number of anilines is 2. The number of amides is 1. The summed E-state index contributed by atoms with van der Waals surface area (Å²) in [6.07, 6.45) is 0. The second-order valence-electron chi connectivity index (χ2n) is 7.13. The Morgan fingerprint density at radius 1 is 1.15 bits per heavy atom. The van der Waals surface area contributed by atoms with Gasteiger partial charge in [-0.25, -0.2) is 0 Å². The first kappa shape index (κ1) is 18.7. The van der Waals surface area contributed by atoms with Gasteiger partial charge in [-0.15, -0.1) is 0 Å². The van der Waals surface area contributed by atoms with E-state index >= 15 is 0 Å². The molecule has 138 valence electrons. The number of quaternary nitrogens is 1. The Hall–Kier alpha value is -2.04. The minimum absolute atomic E-state index is 0.0803. The highest BCUT2D eigenvalue weighted by Crippen LogP contribution is 2.24. The molecule has 2 aromatic rings. The monoisotopic (exact) mass is 372 g/mol. The van der Waals surface area contributed by atoms with E-state index in [-0.39, 0.29) is 11.9 Å². The SMILES string of the molecule is Cc1ccc(C)c(NC(=O)[C@@H](C)[NH+]2CCN(c3ccccc3Cl)CC2)c1. The normalized spacial score (nSPS) is 16.4. The average Bonchev–Trinajstić information content (AvgIpc) is 2.64. The third-order valence-electron chi connectivity index (χ3n) is 5.26. The van der Waals surface area contributed by atoms with E-state index in [2.05, 4.69) is 22.3 Å². The van der Waals surface area contributed by atoms with Crippen LogP contribution in [0.1, 0.15) is 18.1 Å². The molecule has 0 saturated carbocycles. The van der Waals surface area contributed by atoms with Crippen LogP contribution in [0.15, 0.2) is 42.5 Å². The van der Waals surface area contributed by atoms with Gasteiger partial charge in [-0.2, -0.15) is 0 Å². The number of piperazine rings is 1. The van der Waals surface area contributed by atoms with Gasteiger partial charge in [0.2, 0.25) is 0 Å². The van der Waals surface area contributed by atoms with Crippen molar-refractivity contribution in [3.63, 3.8) is 0 Å². The second kappa shape index (κ2) is 8.11. The zero-order valence-corrected chi connectivity index (χ0v) is 16.4. The molecule has 2 aromatic carbocycles. The van der Waals surface area contributed by atoms with Gasteiger partial charge < -0.3 is 15.1 Å². The fourth-order valence-corrected chi connectivity index (χ4v) is 3.73. The van der Waals surface area contributed by atoms with Crippen LogP contribution in [0.3, 0.4) is 0 Å². The van der Waals surface area contributed by atoms with E-state index in [1.54, 1.807) is 0 Å². The lowest BCUT2D eigenvalue weighted by Crippen LogP contribution is -3.19. The summed E-state index contributed by atoms with van der Waals surface area (Å²) >= 11 is 6.31. The van der Waals surface area contributed by atoms with Gasteiger partial charge in [-0.1, -0.05) is 35.9 Å². The van der Waals surface area contributed by atoms with Gasteiger partial charge in [0.15, 0.2) is 6.04 Å². The summed E-state index contributed by atoms with van der Waals surface area (Å²) in [4.78, 5) is 16.3. The number of nitrogens with zero attached hydrogens (tertiary/aromatic N) is 1. The van der Waals surface area contributed by atoms with E-state index in [0.29, 0.717) is 0 Å². The topological polar surface area (TPSA) is 36.8 Å². The molecule has 1 aliphatic heterocycles. The Balaban J connectivity index is 1.59. The lowest BCUT2D eigenvalue weighted by atomic mass is 10.1. The van der Waals surface area contributed by atoms with Crippen molar-refractivity contribution in [2.75, 3.05) is 36.4 Å². The van der Waals surface area contributed by atoms with Gasteiger partial charge in [0.05, 0.1) is 36.9 Å². The van der Waals surface area contributed by atoms with Gasteiger partial charge in [-0.3, -0.25) is 4.79 Å². The molecular formula is C21H27ClN3O+. The third-order valence-corrected chi connectivity index (χ3v) is 5.58. The van der Waals surface area contributed by atoms with Crippen LogP contribution >= 0.6 is 11.6 Å². The Morgan fingerprint density at radius 3 is 2.54 bits per heavy atom. The Kier molecular flexibility index (Phi) is 5.84. The molecule has 1 fully saturated rings. The maximum Gasteiger partial charge on any atom is 0.282 e. The molecule has 0 unspecified atom stereocenters. The molecule has 1 amide bonds. The number of rotatable bonds is 4. The largest absolute Gasteiger partial charge is 0.359 e. The van der Waals surface area contributed by atoms with Crippen molar-refractivity contribution in [1.29, 1.82) is 0 Å². The zero-order valence-electron chi connectivity index (χ0n) is 15.7. The summed E-state index contributed by atoms with van der Waals surface area (Å²) in [6.45, 7) is 9.73. The zero-order chi connectivity index (χ0) is 18.7. The Morgan fingerprint density at radius 2 is 1.85 bits per heavy atom. The van der Waals surface area contributed by atoms with Crippen LogP contribution in [0.2, 0.25) is 5.02 Å². The molecule has 3 rings (SSSR count). The van der Waals surface area contributed by atoms with E-state index in [1.807, 2.05) is 51.1 Å². The Labute approximate surface area is 160 Å².